The van der Waals surface area contributed by atoms with Crippen LogP contribution in [0.5, 0.6) is 0 Å². The van der Waals surface area contributed by atoms with Crippen LogP contribution in [-0.4, -0.2) is 17.6 Å². The van der Waals surface area contributed by atoms with Gasteiger partial charge in [-0.25, -0.2) is 4.79 Å². The number of benzene rings is 2. The highest BCUT2D eigenvalue weighted by Gasteiger charge is 2.48. The number of fused-ring (bicyclic) bond motifs is 4. The van der Waals surface area contributed by atoms with E-state index < -0.39 is 5.97 Å². The molecule has 4 aliphatic rings. The molecule has 6 rings (SSSR count). The topological polar surface area (TPSA) is 40.5 Å². The third kappa shape index (κ3) is 2.52. The van der Waals surface area contributed by atoms with Gasteiger partial charge >= 0.3 is 5.97 Å². The lowest BCUT2D eigenvalue weighted by Crippen LogP contribution is -2.47. The van der Waals surface area contributed by atoms with Gasteiger partial charge in [0.1, 0.15) is 0 Å². The number of nitrogens with zero attached hydrogens (tertiary/aromatic N) is 1. The second kappa shape index (κ2) is 6.48. The fourth-order valence-electron chi connectivity index (χ4n) is 6.74. The van der Waals surface area contributed by atoms with Crippen LogP contribution < -0.4 is 4.90 Å². The van der Waals surface area contributed by atoms with E-state index >= 15 is 0 Å². The standard InChI is InChI=1S/C26H27NO2/c28-26(29)18-13-22-19-10-5-4-9-17(19)15-27-24(16-7-2-1-3-8-16)21-12-6-11-20(21)23(14-18)25(22)27/h1-3,6-8,11,13-14,17,19-21,24H,4-5,9-10,12,15H2,(H,28,29)/t17-,19+,20+,21+,24-/m1/s1. The van der Waals surface area contributed by atoms with Crippen LogP contribution in [0.25, 0.3) is 0 Å². The molecule has 5 atom stereocenters. The molecule has 2 heterocycles. The molecule has 3 heteroatoms. The van der Waals surface area contributed by atoms with E-state index in [0.717, 1.165) is 13.0 Å². The molecule has 0 amide bonds. The zero-order valence-electron chi connectivity index (χ0n) is 16.6. The fraction of sp³-hybridized carbons (Fsp3) is 0.423. The minimum absolute atomic E-state index is 0.324. The molecule has 0 spiro atoms. The number of anilines is 1. The highest BCUT2D eigenvalue weighted by molar-refractivity contribution is 5.90. The normalized spacial score (nSPS) is 31.7. The Balaban J connectivity index is 1.60. The maximum Gasteiger partial charge on any atom is 0.335 e. The number of carboxylic acid groups (broad SMARTS) is 1. The van der Waals surface area contributed by atoms with Crippen molar-refractivity contribution in [2.75, 3.05) is 11.4 Å². The van der Waals surface area contributed by atoms with Crippen LogP contribution in [0.3, 0.4) is 0 Å². The van der Waals surface area contributed by atoms with E-state index in [0.29, 0.717) is 35.3 Å². The Hall–Kier alpha value is -2.55. The summed E-state index contributed by atoms with van der Waals surface area (Å²) in [6, 6.07) is 15.3. The summed E-state index contributed by atoms with van der Waals surface area (Å²) < 4.78 is 0. The van der Waals surface area contributed by atoms with Gasteiger partial charge in [-0.3, -0.25) is 0 Å². The van der Waals surface area contributed by atoms with Crippen molar-refractivity contribution >= 4 is 11.7 Å². The lowest BCUT2D eigenvalue weighted by Gasteiger charge is -2.53. The summed E-state index contributed by atoms with van der Waals surface area (Å²) in [6.45, 7) is 1.11. The predicted molar refractivity (Wildman–Crippen MR) is 115 cm³/mol. The quantitative estimate of drug-likeness (QED) is 0.655. The maximum absolute atomic E-state index is 12.0. The highest BCUT2D eigenvalue weighted by Crippen LogP contribution is 2.59. The van der Waals surface area contributed by atoms with Gasteiger partial charge in [-0.15, -0.1) is 0 Å². The van der Waals surface area contributed by atoms with Crippen molar-refractivity contribution in [3.05, 3.63) is 76.9 Å². The molecule has 1 fully saturated rings. The largest absolute Gasteiger partial charge is 0.478 e. The molecule has 0 aromatic heterocycles. The van der Waals surface area contributed by atoms with Crippen LogP contribution in [0.2, 0.25) is 0 Å². The maximum atomic E-state index is 12.0. The molecule has 3 nitrogen and oxygen atoms in total. The summed E-state index contributed by atoms with van der Waals surface area (Å²) in [7, 11) is 0. The smallest absolute Gasteiger partial charge is 0.335 e. The Kier molecular flexibility index (Phi) is 3.87. The molecule has 0 saturated heterocycles. The van der Waals surface area contributed by atoms with Crippen LogP contribution in [0.15, 0.2) is 54.6 Å². The van der Waals surface area contributed by atoms with Crippen LogP contribution in [-0.2, 0) is 0 Å². The molecule has 2 aromatic carbocycles. The minimum atomic E-state index is -0.794. The van der Waals surface area contributed by atoms with Crippen molar-refractivity contribution in [2.24, 2.45) is 11.8 Å². The van der Waals surface area contributed by atoms with Gasteiger partial charge in [-0.05, 0) is 65.8 Å². The van der Waals surface area contributed by atoms with Gasteiger partial charge in [0.2, 0.25) is 0 Å². The van der Waals surface area contributed by atoms with Crippen LogP contribution >= 0.6 is 0 Å². The second-order valence-corrected chi connectivity index (χ2v) is 9.32. The fourth-order valence-corrected chi connectivity index (χ4v) is 6.74. The van der Waals surface area contributed by atoms with E-state index in [9.17, 15) is 9.90 Å². The van der Waals surface area contributed by atoms with Crippen molar-refractivity contribution in [2.45, 2.75) is 50.0 Å². The Bertz CT molecular complexity index is 995. The molecular weight excluding hydrogens is 358 g/mol. The number of allylic oxidation sites excluding steroid dienone is 2. The number of hydrogen-bond donors (Lipinski definition) is 1. The van der Waals surface area contributed by atoms with Crippen LogP contribution in [0.1, 0.15) is 77.0 Å². The van der Waals surface area contributed by atoms with Gasteiger partial charge in [0, 0.05) is 18.2 Å². The average molecular weight is 386 g/mol. The van der Waals surface area contributed by atoms with E-state index in [1.807, 2.05) is 12.1 Å². The lowest BCUT2D eigenvalue weighted by molar-refractivity contribution is 0.0696. The Morgan fingerprint density at radius 1 is 1.03 bits per heavy atom. The van der Waals surface area contributed by atoms with E-state index in [1.165, 1.54) is 48.1 Å². The first-order chi connectivity index (χ1) is 14.2. The van der Waals surface area contributed by atoms with Crippen LogP contribution in [0.4, 0.5) is 5.69 Å². The molecule has 148 valence electrons. The monoisotopic (exact) mass is 385 g/mol. The zero-order chi connectivity index (χ0) is 19.5. The van der Waals surface area contributed by atoms with Gasteiger partial charge < -0.3 is 10.0 Å². The zero-order valence-corrected chi connectivity index (χ0v) is 16.6. The van der Waals surface area contributed by atoms with Crippen molar-refractivity contribution in [1.29, 1.82) is 0 Å². The van der Waals surface area contributed by atoms with Crippen LogP contribution in [0, 0.1) is 11.8 Å². The summed E-state index contributed by atoms with van der Waals surface area (Å²) in [6.07, 6.45) is 10.8. The third-order valence-electron chi connectivity index (χ3n) is 7.90. The third-order valence-corrected chi connectivity index (χ3v) is 7.90. The summed E-state index contributed by atoms with van der Waals surface area (Å²) in [5.74, 6) is 1.18. The Morgan fingerprint density at radius 2 is 1.83 bits per heavy atom. The molecular formula is C26H27NO2. The van der Waals surface area contributed by atoms with E-state index in [4.69, 9.17) is 0 Å². The van der Waals surface area contributed by atoms with Crippen molar-refractivity contribution < 1.29 is 9.90 Å². The molecule has 0 unspecified atom stereocenters. The lowest BCUT2D eigenvalue weighted by atomic mass is 9.66. The van der Waals surface area contributed by atoms with Gasteiger partial charge in [-0.1, -0.05) is 55.3 Å². The molecule has 29 heavy (non-hydrogen) atoms. The Labute approximate surface area is 172 Å². The van der Waals surface area contributed by atoms with Crippen molar-refractivity contribution in [3.8, 4) is 0 Å². The number of carbonyl (C=O) groups is 1. The minimum Gasteiger partial charge on any atom is -0.478 e. The first-order valence-electron chi connectivity index (χ1n) is 11.1. The van der Waals surface area contributed by atoms with Gasteiger partial charge in [-0.2, -0.15) is 0 Å². The number of aromatic carboxylic acids is 1. The molecule has 1 saturated carbocycles. The number of hydrogen-bond acceptors (Lipinski definition) is 2. The number of carboxylic acids is 1. The van der Waals surface area contributed by atoms with E-state index in [2.05, 4.69) is 47.4 Å². The van der Waals surface area contributed by atoms with Gasteiger partial charge in [0.05, 0.1) is 11.6 Å². The highest BCUT2D eigenvalue weighted by atomic mass is 16.4. The van der Waals surface area contributed by atoms with E-state index in [-0.39, 0.29) is 0 Å². The average Bonchev–Trinajstić information content (AvgIpc) is 3.24. The molecule has 0 bridgehead atoms. The van der Waals surface area contributed by atoms with Gasteiger partial charge in [0.25, 0.3) is 0 Å². The SMILES string of the molecule is O=C(O)c1cc2c3c(c1)[C@H]1CCCC[C@@H]1CN3[C@H](c1ccccc1)[C@H]1CC=C[C@H]21. The molecule has 1 N–H and O–H groups in total. The summed E-state index contributed by atoms with van der Waals surface area (Å²) in [5, 5.41) is 9.83. The molecule has 2 aromatic rings. The first-order valence-corrected chi connectivity index (χ1v) is 11.1. The van der Waals surface area contributed by atoms with Gasteiger partial charge in [0.15, 0.2) is 0 Å². The second-order valence-electron chi connectivity index (χ2n) is 9.32. The van der Waals surface area contributed by atoms with Crippen molar-refractivity contribution in [1.82, 2.24) is 0 Å². The summed E-state index contributed by atoms with van der Waals surface area (Å²) in [4.78, 5) is 14.6. The predicted octanol–water partition coefficient (Wildman–Crippen LogP) is 5.89. The molecule has 2 aliphatic carbocycles. The summed E-state index contributed by atoms with van der Waals surface area (Å²) >= 11 is 0. The molecule has 2 aliphatic heterocycles. The van der Waals surface area contributed by atoms with E-state index in [1.54, 1.807) is 0 Å². The Morgan fingerprint density at radius 3 is 2.66 bits per heavy atom. The first kappa shape index (κ1) is 17.3. The summed E-state index contributed by atoms with van der Waals surface area (Å²) in [5.41, 5.74) is 5.81. The van der Waals surface area contributed by atoms with Crippen molar-refractivity contribution in [3.63, 3.8) is 0 Å². The number of rotatable bonds is 2. The molecule has 0 radical (unpaired) electrons.